The van der Waals surface area contributed by atoms with E-state index in [1.54, 1.807) is 0 Å². The van der Waals surface area contributed by atoms with E-state index in [4.69, 9.17) is 4.12 Å². The van der Waals surface area contributed by atoms with Crippen LogP contribution in [0.4, 0.5) is 0 Å². The first-order valence-electron chi connectivity index (χ1n) is 14.8. The number of aliphatic hydroxyl groups excluding tert-OH is 1. The Bertz CT molecular complexity index is 875. The second-order valence-electron chi connectivity index (χ2n) is 16.3. The summed E-state index contributed by atoms with van der Waals surface area (Å²) >= 11 is 2.65. The van der Waals surface area contributed by atoms with E-state index in [1.807, 2.05) is 0 Å². The molecule has 214 valence electrons. The molecular weight excluding hydrogens is 603 g/mol. The Morgan fingerprint density at radius 1 is 0.973 bits per heavy atom. The van der Waals surface area contributed by atoms with Gasteiger partial charge in [0.05, 0.1) is 6.10 Å². The van der Waals surface area contributed by atoms with Crippen molar-refractivity contribution in [3.63, 3.8) is 0 Å². The molecule has 0 aliphatic heterocycles. The van der Waals surface area contributed by atoms with Crippen molar-refractivity contribution in [1.82, 2.24) is 0 Å². The molecule has 0 aromatic rings. The fourth-order valence-corrected chi connectivity index (χ4v) is 17.2. The molecule has 3 saturated carbocycles. The summed E-state index contributed by atoms with van der Waals surface area (Å²) in [6.07, 6.45) is 9.39. The second-order valence-corrected chi connectivity index (χ2v) is 27.8. The van der Waals surface area contributed by atoms with Gasteiger partial charge in [-0.2, -0.15) is 0 Å². The largest absolute Gasteiger partial charge is 0.455 e. The molecule has 0 saturated heterocycles. The third kappa shape index (κ3) is 5.94. The van der Waals surface area contributed by atoms with Crippen molar-refractivity contribution in [2.75, 3.05) is 0 Å². The van der Waals surface area contributed by atoms with Crippen molar-refractivity contribution in [2.45, 2.75) is 147 Å². The Balaban J connectivity index is 0.000000225. The van der Waals surface area contributed by atoms with Crippen LogP contribution in [0.15, 0.2) is 11.6 Å². The first-order valence-corrected chi connectivity index (χ1v) is 21.9. The molecule has 0 amide bonds. The number of allylic oxidation sites excluding steroid dienone is 1. The zero-order valence-electron chi connectivity index (χ0n) is 26.1. The lowest BCUT2D eigenvalue weighted by atomic mass is 9.48. The van der Waals surface area contributed by atoms with Gasteiger partial charge in [0, 0.05) is 15.8 Å². The molecule has 3 nitrogen and oxygen atoms in total. The lowest BCUT2D eigenvalue weighted by Gasteiger charge is -2.58. The van der Waals surface area contributed by atoms with Gasteiger partial charge in [0.2, 0.25) is 0 Å². The highest BCUT2D eigenvalue weighted by atomic mass is 127. The molecule has 0 aromatic heterocycles. The number of ketones is 1. The monoisotopic (exact) mass is 660 g/mol. The van der Waals surface area contributed by atoms with Crippen LogP contribution in [-0.4, -0.2) is 37.6 Å². The van der Waals surface area contributed by atoms with Gasteiger partial charge in [0.15, 0.2) is 16.6 Å². The fourth-order valence-electron chi connectivity index (χ4n) is 7.42. The predicted molar refractivity (Wildman–Crippen MR) is 171 cm³/mol. The van der Waals surface area contributed by atoms with Crippen LogP contribution in [0, 0.1) is 28.6 Å². The van der Waals surface area contributed by atoms with Crippen molar-refractivity contribution < 1.29 is 14.0 Å². The minimum absolute atomic E-state index is 0.0527. The van der Waals surface area contributed by atoms with E-state index in [0.29, 0.717) is 37.5 Å². The van der Waals surface area contributed by atoms with Crippen molar-refractivity contribution in [1.29, 1.82) is 0 Å². The standard InChI is InChI=1S/C19H27IO2.C12H30OSi2/c1-18-8-7-12(21)9-11(18)3-4-13-14-5-6-16(22)19(14,2)10-15(20)17(13)18;1-11(2,3)14(7,8)13-15(9,10)12(4,5)6/h3,12-15,17,21H,4-10H2,1-2H3;1-10H3/t12-,13-,14-,15+,17+,18-,19-;/m0./s1. The number of aliphatic hydroxyl groups is 1. The van der Waals surface area contributed by atoms with Gasteiger partial charge in [0.25, 0.3) is 0 Å². The first-order chi connectivity index (χ1) is 16.6. The molecule has 0 bridgehead atoms. The zero-order chi connectivity index (χ0) is 28.4. The van der Waals surface area contributed by atoms with E-state index >= 15 is 0 Å². The Hall–Kier alpha value is 0.494. The third-order valence-electron chi connectivity index (χ3n) is 11.8. The quantitative estimate of drug-likeness (QED) is 0.139. The van der Waals surface area contributed by atoms with E-state index in [1.165, 1.54) is 5.57 Å². The minimum Gasteiger partial charge on any atom is -0.455 e. The normalized spacial score (nSPS) is 38.6. The maximum absolute atomic E-state index is 12.5. The fraction of sp³-hybridized carbons (Fsp3) is 0.903. The van der Waals surface area contributed by atoms with Crippen LogP contribution in [0.5, 0.6) is 0 Å². The molecule has 4 rings (SSSR count). The molecule has 4 aliphatic rings. The summed E-state index contributed by atoms with van der Waals surface area (Å²) in [5.74, 6) is 2.50. The Morgan fingerprint density at radius 2 is 1.51 bits per heavy atom. The molecule has 0 spiro atoms. The van der Waals surface area contributed by atoms with Gasteiger partial charge in [-0.3, -0.25) is 4.79 Å². The third-order valence-corrected chi connectivity index (χ3v) is 24.3. The molecule has 37 heavy (non-hydrogen) atoms. The van der Waals surface area contributed by atoms with Crippen LogP contribution in [0.1, 0.15) is 100 Å². The van der Waals surface area contributed by atoms with E-state index in [2.05, 4.69) is 110 Å². The lowest BCUT2D eigenvalue weighted by Crippen LogP contribution is -2.54. The topological polar surface area (TPSA) is 46.5 Å². The highest BCUT2D eigenvalue weighted by molar-refractivity contribution is 14.1. The molecule has 6 heteroatoms. The molecule has 0 unspecified atom stereocenters. The highest BCUT2D eigenvalue weighted by Crippen LogP contribution is 2.65. The smallest absolute Gasteiger partial charge is 0.178 e. The molecule has 0 heterocycles. The number of carbonyl (C=O) groups excluding carboxylic acids is 1. The van der Waals surface area contributed by atoms with Gasteiger partial charge >= 0.3 is 0 Å². The van der Waals surface area contributed by atoms with Crippen LogP contribution >= 0.6 is 22.6 Å². The maximum Gasteiger partial charge on any atom is 0.178 e. The number of halogens is 1. The summed E-state index contributed by atoms with van der Waals surface area (Å²) in [5, 5.41) is 10.7. The SMILES string of the molecule is CC(C)(C)[Si](C)(C)O[Si](C)(C)C(C)(C)C.C[C@]12CC[C@H](O)CC1=CC[C@@H]1[C@@H]2[C@H](I)C[C@]2(C)C(=O)CC[C@@H]12. The second kappa shape index (κ2) is 10.4. The first kappa shape index (κ1) is 32.0. The minimum atomic E-state index is -1.59. The summed E-state index contributed by atoms with van der Waals surface area (Å²) < 4.78 is 7.22. The van der Waals surface area contributed by atoms with Gasteiger partial charge in [-0.25, -0.2) is 0 Å². The number of rotatable bonds is 2. The molecule has 0 radical (unpaired) electrons. The summed E-state index contributed by atoms with van der Waals surface area (Å²) in [4.78, 5) is 12.5. The number of alkyl halides is 1. The molecule has 3 fully saturated rings. The van der Waals surface area contributed by atoms with E-state index in [9.17, 15) is 9.90 Å². The highest BCUT2D eigenvalue weighted by Gasteiger charge is 2.61. The van der Waals surface area contributed by atoms with Crippen LogP contribution in [0.25, 0.3) is 0 Å². The molecule has 0 aromatic carbocycles. The Morgan fingerprint density at radius 3 is 2.03 bits per heavy atom. The number of fused-ring (bicyclic) bond motifs is 5. The van der Waals surface area contributed by atoms with Gasteiger partial charge in [-0.05, 0) is 98.0 Å². The zero-order valence-corrected chi connectivity index (χ0v) is 30.2. The average molecular weight is 661 g/mol. The van der Waals surface area contributed by atoms with Crippen molar-refractivity contribution in [2.24, 2.45) is 28.6 Å². The molecular formula is C31H57IO3Si2. The summed E-state index contributed by atoms with van der Waals surface area (Å²) in [6.45, 7) is 28.0. The summed E-state index contributed by atoms with van der Waals surface area (Å²) in [5.41, 5.74) is 1.73. The number of carbonyl (C=O) groups is 1. The lowest BCUT2D eigenvalue weighted by molar-refractivity contribution is -0.131. The summed E-state index contributed by atoms with van der Waals surface area (Å²) in [7, 11) is -3.18. The van der Waals surface area contributed by atoms with Crippen molar-refractivity contribution >= 4 is 45.0 Å². The van der Waals surface area contributed by atoms with Crippen LogP contribution in [0.3, 0.4) is 0 Å². The van der Waals surface area contributed by atoms with E-state index in [-0.39, 0.29) is 16.9 Å². The van der Waals surface area contributed by atoms with E-state index in [0.717, 1.165) is 44.9 Å². The molecule has 7 atom stereocenters. The van der Waals surface area contributed by atoms with Crippen molar-refractivity contribution in [3.05, 3.63) is 11.6 Å². The van der Waals surface area contributed by atoms with Crippen LogP contribution < -0.4 is 0 Å². The van der Waals surface area contributed by atoms with Crippen molar-refractivity contribution in [3.8, 4) is 0 Å². The van der Waals surface area contributed by atoms with Gasteiger partial charge in [-0.15, -0.1) is 0 Å². The van der Waals surface area contributed by atoms with E-state index < -0.39 is 16.6 Å². The van der Waals surface area contributed by atoms with Gasteiger partial charge in [0.1, 0.15) is 5.78 Å². The number of hydrogen-bond donors (Lipinski definition) is 1. The van der Waals surface area contributed by atoms with Gasteiger partial charge < -0.3 is 9.22 Å². The maximum atomic E-state index is 12.5. The Labute approximate surface area is 244 Å². The van der Waals surface area contributed by atoms with Gasteiger partial charge in [-0.1, -0.05) is 89.6 Å². The number of Topliss-reactive ketones (excluding diaryl/α,β-unsaturated/α-hetero) is 1. The average Bonchev–Trinajstić information content (AvgIpc) is 3.00. The van der Waals surface area contributed by atoms with Crippen LogP contribution in [-0.2, 0) is 8.91 Å². The number of hydrogen-bond acceptors (Lipinski definition) is 3. The van der Waals surface area contributed by atoms with Crippen LogP contribution in [0.2, 0.25) is 36.3 Å². The molecule has 1 N–H and O–H groups in total. The predicted octanol–water partition coefficient (Wildman–Crippen LogP) is 9.31. The summed E-state index contributed by atoms with van der Waals surface area (Å²) in [6, 6.07) is 0. The molecule has 4 aliphatic carbocycles. The Kier molecular flexibility index (Phi) is 9.00.